The van der Waals surface area contributed by atoms with Gasteiger partial charge in [-0.25, -0.2) is 4.98 Å². The number of hydrogen-bond acceptors (Lipinski definition) is 5. The van der Waals surface area contributed by atoms with Crippen LogP contribution in [0.1, 0.15) is 32.0 Å². The first-order valence-corrected chi connectivity index (χ1v) is 9.01. The standard InChI is InChI=1S/C19H23N3O4/c1-2-26-19(25)13-6-5-11-22(12-13)17(23)10-9-16-20-15-8-4-3-7-14(15)18(24)21-16/h3-4,7-8,13H,2,5-6,9-12H2,1H3,(H,20,21,24)/t13-/m0/s1. The van der Waals surface area contributed by atoms with E-state index in [0.29, 0.717) is 42.8 Å². The van der Waals surface area contributed by atoms with Crippen molar-refractivity contribution in [2.45, 2.75) is 32.6 Å². The van der Waals surface area contributed by atoms with E-state index in [1.54, 1.807) is 30.0 Å². The molecule has 1 aromatic heterocycles. The van der Waals surface area contributed by atoms with Crippen molar-refractivity contribution in [1.82, 2.24) is 14.9 Å². The lowest BCUT2D eigenvalue weighted by atomic mass is 9.98. The van der Waals surface area contributed by atoms with Crippen LogP contribution in [0.4, 0.5) is 0 Å². The van der Waals surface area contributed by atoms with E-state index >= 15 is 0 Å². The molecule has 0 aliphatic carbocycles. The molecular weight excluding hydrogens is 334 g/mol. The molecule has 1 amide bonds. The number of carbonyl (C=O) groups is 2. The summed E-state index contributed by atoms with van der Waals surface area (Å²) in [6, 6.07) is 7.12. The maximum Gasteiger partial charge on any atom is 0.310 e. The Labute approximate surface area is 151 Å². The summed E-state index contributed by atoms with van der Waals surface area (Å²) in [5.41, 5.74) is 0.428. The van der Waals surface area contributed by atoms with E-state index < -0.39 is 0 Å². The second kappa shape index (κ2) is 8.12. The van der Waals surface area contributed by atoms with Crippen LogP contribution < -0.4 is 5.56 Å². The van der Waals surface area contributed by atoms with Gasteiger partial charge in [0, 0.05) is 25.9 Å². The van der Waals surface area contributed by atoms with Crippen molar-refractivity contribution in [3.8, 4) is 0 Å². The van der Waals surface area contributed by atoms with Gasteiger partial charge in [0.1, 0.15) is 5.82 Å². The molecule has 1 aliphatic heterocycles. The zero-order valence-corrected chi connectivity index (χ0v) is 14.9. The number of para-hydroxylation sites is 1. The van der Waals surface area contributed by atoms with Crippen molar-refractivity contribution in [2.24, 2.45) is 5.92 Å². The molecule has 2 aromatic rings. The molecule has 0 saturated carbocycles. The fraction of sp³-hybridized carbons (Fsp3) is 0.474. The lowest BCUT2D eigenvalue weighted by Gasteiger charge is -2.31. The van der Waals surface area contributed by atoms with Crippen LogP contribution in [0.15, 0.2) is 29.1 Å². The molecular formula is C19H23N3O4. The quantitative estimate of drug-likeness (QED) is 0.822. The number of aromatic amines is 1. The first-order chi connectivity index (χ1) is 12.6. The van der Waals surface area contributed by atoms with E-state index in [2.05, 4.69) is 9.97 Å². The molecule has 1 N–H and O–H groups in total. The molecule has 1 aromatic carbocycles. The number of piperidine rings is 1. The lowest BCUT2D eigenvalue weighted by Crippen LogP contribution is -2.43. The number of rotatable bonds is 5. The number of nitrogens with one attached hydrogen (secondary N) is 1. The van der Waals surface area contributed by atoms with Crippen LogP contribution in [-0.2, 0) is 20.7 Å². The Morgan fingerprint density at radius 1 is 1.35 bits per heavy atom. The van der Waals surface area contributed by atoms with Crippen LogP contribution in [0.3, 0.4) is 0 Å². The van der Waals surface area contributed by atoms with E-state index in [0.717, 1.165) is 12.8 Å². The van der Waals surface area contributed by atoms with Gasteiger partial charge < -0.3 is 14.6 Å². The summed E-state index contributed by atoms with van der Waals surface area (Å²) in [5, 5.41) is 0.538. The number of carbonyl (C=O) groups excluding carboxylic acids is 2. The summed E-state index contributed by atoms with van der Waals surface area (Å²) < 4.78 is 5.07. The number of aryl methyl sites for hydroxylation is 1. The Balaban J connectivity index is 1.62. The van der Waals surface area contributed by atoms with Crippen molar-refractivity contribution in [3.05, 3.63) is 40.4 Å². The molecule has 26 heavy (non-hydrogen) atoms. The van der Waals surface area contributed by atoms with Crippen molar-refractivity contribution >= 4 is 22.8 Å². The Hall–Kier alpha value is -2.70. The van der Waals surface area contributed by atoms with Gasteiger partial charge in [-0.1, -0.05) is 12.1 Å². The van der Waals surface area contributed by atoms with Crippen LogP contribution in [0.25, 0.3) is 10.9 Å². The topological polar surface area (TPSA) is 92.4 Å². The highest BCUT2D eigenvalue weighted by Gasteiger charge is 2.29. The third-order valence-electron chi connectivity index (χ3n) is 4.63. The number of fused-ring (bicyclic) bond motifs is 1. The molecule has 0 radical (unpaired) electrons. The summed E-state index contributed by atoms with van der Waals surface area (Å²) in [4.78, 5) is 45.4. The van der Waals surface area contributed by atoms with Crippen molar-refractivity contribution in [1.29, 1.82) is 0 Å². The number of benzene rings is 1. The normalized spacial score (nSPS) is 17.3. The number of ether oxygens (including phenoxy) is 1. The first kappa shape index (κ1) is 18.1. The highest BCUT2D eigenvalue weighted by Crippen LogP contribution is 2.19. The van der Waals surface area contributed by atoms with E-state index in [4.69, 9.17) is 4.74 Å². The number of esters is 1. The van der Waals surface area contributed by atoms with E-state index in [-0.39, 0.29) is 29.8 Å². The summed E-state index contributed by atoms with van der Waals surface area (Å²) >= 11 is 0. The zero-order chi connectivity index (χ0) is 18.5. The van der Waals surface area contributed by atoms with Crippen LogP contribution in [0.2, 0.25) is 0 Å². The molecule has 1 atom stereocenters. The minimum Gasteiger partial charge on any atom is -0.466 e. The minimum atomic E-state index is -0.244. The van der Waals surface area contributed by atoms with Gasteiger partial charge in [-0.15, -0.1) is 0 Å². The molecule has 1 aliphatic rings. The molecule has 2 heterocycles. The Bertz CT molecular complexity index is 861. The zero-order valence-electron chi connectivity index (χ0n) is 14.9. The average molecular weight is 357 g/mol. The van der Waals surface area contributed by atoms with Crippen LogP contribution >= 0.6 is 0 Å². The average Bonchev–Trinajstić information content (AvgIpc) is 2.66. The van der Waals surface area contributed by atoms with E-state index in [9.17, 15) is 14.4 Å². The van der Waals surface area contributed by atoms with Gasteiger partial charge in [-0.05, 0) is 31.9 Å². The van der Waals surface area contributed by atoms with Crippen molar-refractivity contribution < 1.29 is 14.3 Å². The molecule has 7 heteroatoms. The second-order valence-corrected chi connectivity index (χ2v) is 6.46. The molecule has 0 bridgehead atoms. The van der Waals surface area contributed by atoms with Crippen molar-refractivity contribution in [2.75, 3.05) is 19.7 Å². The summed E-state index contributed by atoms with van der Waals surface area (Å²) in [7, 11) is 0. The molecule has 1 saturated heterocycles. The SMILES string of the molecule is CCOC(=O)[C@H]1CCCN(C(=O)CCc2nc3ccccc3c(=O)[nH]2)C1. The van der Waals surface area contributed by atoms with Gasteiger partial charge >= 0.3 is 5.97 Å². The Morgan fingerprint density at radius 2 is 2.15 bits per heavy atom. The summed E-state index contributed by atoms with van der Waals surface area (Å²) in [6.07, 6.45) is 2.15. The highest BCUT2D eigenvalue weighted by atomic mass is 16.5. The molecule has 1 fully saturated rings. The maximum atomic E-state index is 12.5. The molecule has 0 spiro atoms. The number of nitrogens with zero attached hydrogens (tertiary/aromatic N) is 2. The highest BCUT2D eigenvalue weighted by molar-refractivity contribution is 5.79. The molecule has 138 valence electrons. The van der Waals surface area contributed by atoms with E-state index in [1.807, 2.05) is 6.07 Å². The number of likely N-dealkylation sites (tertiary alicyclic amines) is 1. The smallest absolute Gasteiger partial charge is 0.310 e. The van der Waals surface area contributed by atoms with Crippen molar-refractivity contribution in [3.63, 3.8) is 0 Å². The lowest BCUT2D eigenvalue weighted by molar-refractivity contribution is -0.151. The Morgan fingerprint density at radius 3 is 2.96 bits per heavy atom. The van der Waals surface area contributed by atoms with Crippen LogP contribution in [0.5, 0.6) is 0 Å². The number of amides is 1. The Kier molecular flexibility index (Phi) is 5.65. The largest absolute Gasteiger partial charge is 0.466 e. The first-order valence-electron chi connectivity index (χ1n) is 9.01. The minimum absolute atomic E-state index is 0.0326. The van der Waals surface area contributed by atoms with Crippen LogP contribution in [0, 0.1) is 5.92 Å². The maximum absolute atomic E-state index is 12.5. The van der Waals surface area contributed by atoms with Gasteiger partial charge in [-0.3, -0.25) is 14.4 Å². The molecule has 7 nitrogen and oxygen atoms in total. The third-order valence-corrected chi connectivity index (χ3v) is 4.63. The number of H-pyrrole nitrogens is 1. The second-order valence-electron chi connectivity index (χ2n) is 6.46. The predicted octanol–water partition coefficient (Wildman–Crippen LogP) is 1.66. The third kappa shape index (κ3) is 4.09. The van der Waals surface area contributed by atoms with Gasteiger partial charge in [0.15, 0.2) is 0 Å². The van der Waals surface area contributed by atoms with E-state index in [1.165, 1.54) is 0 Å². The van der Waals surface area contributed by atoms with Gasteiger partial charge in [0.25, 0.3) is 5.56 Å². The predicted molar refractivity (Wildman–Crippen MR) is 96.6 cm³/mol. The fourth-order valence-electron chi connectivity index (χ4n) is 3.29. The fourth-order valence-corrected chi connectivity index (χ4v) is 3.29. The van der Waals surface area contributed by atoms with Crippen LogP contribution in [-0.4, -0.2) is 46.4 Å². The number of aromatic nitrogens is 2. The summed E-state index contributed by atoms with van der Waals surface area (Å²) in [6.45, 7) is 3.18. The molecule has 3 rings (SSSR count). The summed E-state index contributed by atoms with van der Waals surface area (Å²) in [5.74, 6) is -0.00687. The van der Waals surface area contributed by atoms with Gasteiger partial charge in [0.2, 0.25) is 5.91 Å². The monoisotopic (exact) mass is 357 g/mol. The molecule has 0 unspecified atom stereocenters. The number of hydrogen-bond donors (Lipinski definition) is 1. The van der Waals surface area contributed by atoms with Gasteiger partial charge in [0.05, 0.1) is 23.4 Å². The van der Waals surface area contributed by atoms with Gasteiger partial charge in [-0.2, -0.15) is 0 Å².